The van der Waals surface area contributed by atoms with Crippen LogP contribution in [-0.2, 0) is 20.5 Å². The molecule has 2 saturated heterocycles. The molecular formula is C43H64F3N7O6S. The zero-order valence-electron chi connectivity index (χ0n) is 36.7. The number of rotatable bonds is 12. The minimum atomic E-state index is -4.53. The molecule has 0 bridgehead atoms. The topological polar surface area (TPSA) is 119 Å². The van der Waals surface area contributed by atoms with Gasteiger partial charge in [0.2, 0.25) is 0 Å². The van der Waals surface area contributed by atoms with Gasteiger partial charge in [-0.3, -0.25) is 4.90 Å². The molecule has 60 heavy (non-hydrogen) atoms. The average Bonchev–Trinajstić information content (AvgIpc) is 3.68. The van der Waals surface area contributed by atoms with Crippen LogP contribution in [-0.4, -0.2) is 121 Å². The van der Waals surface area contributed by atoms with Crippen molar-refractivity contribution < 1.29 is 41.9 Å². The summed E-state index contributed by atoms with van der Waals surface area (Å²) in [5, 5.41) is 7.39. The van der Waals surface area contributed by atoms with Crippen molar-refractivity contribution in [2.24, 2.45) is 0 Å². The van der Waals surface area contributed by atoms with E-state index in [4.69, 9.17) is 14.3 Å². The van der Waals surface area contributed by atoms with Crippen LogP contribution in [0.4, 0.5) is 44.6 Å². The lowest BCUT2D eigenvalue weighted by Gasteiger charge is -2.44. The number of halogens is 3. The predicted molar refractivity (Wildman–Crippen MR) is 228 cm³/mol. The van der Waals surface area contributed by atoms with E-state index >= 15 is 0 Å². The fraction of sp³-hybridized carbons (Fsp3) is 0.651. The highest BCUT2D eigenvalue weighted by atomic mass is 32.2. The molecule has 5 rings (SSSR count). The molecule has 334 valence electrons. The number of alkyl halides is 3. The third-order valence-corrected chi connectivity index (χ3v) is 11.3. The number of benzene rings is 2. The lowest BCUT2D eigenvalue weighted by molar-refractivity contribution is -0.193. The van der Waals surface area contributed by atoms with Gasteiger partial charge in [-0.05, 0) is 137 Å². The Labute approximate surface area is 357 Å². The van der Waals surface area contributed by atoms with Crippen LogP contribution in [0.25, 0.3) is 0 Å². The van der Waals surface area contributed by atoms with Gasteiger partial charge in [-0.1, -0.05) is 11.8 Å². The molecule has 3 heterocycles. The van der Waals surface area contributed by atoms with E-state index in [0.717, 1.165) is 63.4 Å². The molecule has 2 N–H and O–H groups in total. The van der Waals surface area contributed by atoms with Gasteiger partial charge in [-0.15, -0.1) is 5.06 Å². The summed E-state index contributed by atoms with van der Waals surface area (Å²) in [6.45, 7) is 23.3. The number of hydrogen-bond acceptors (Lipinski definition) is 11. The Morgan fingerprint density at radius 2 is 1.28 bits per heavy atom. The van der Waals surface area contributed by atoms with Crippen molar-refractivity contribution in [2.45, 2.75) is 127 Å². The summed E-state index contributed by atoms with van der Waals surface area (Å²) >= 11 is 1.23. The highest BCUT2D eigenvalue weighted by Gasteiger charge is 2.40. The number of fused-ring (bicyclic) bond motifs is 2. The molecule has 0 unspecified atom stereocenters. The van der Waals surface area contributed by atoms with E-state index in [1.165, 1.54) is 22.7 Å². The Balaban J connectivity index is 1.24. The Morgan fingerprint density at radius 1 is 0.750 bits per heavy atom. The standard InChI is InChI=1S/C43H64F3N7O6S/c1-40(2,3)53(31-16-22-49(23-17-31)26-27-50(24-18-47-37(54)57-41(4,5)6)25-19-48-38(55)58-42(7,8)9)59-39(56)52-33-14-12-30(43(44,45)46)28-35(33)60-36-29-32(13-15-34(36)52)51-20-10-11-21-51/h12-15,28-29,31H,10-11,16-27H2,1-9H3,(H,47,54)(H,48,55). The third-order valence-electron chi connectivity index (χ3n) is 10.2. The molecule has 0 saturated carbocycles. The second kappa shape index (κ2) is 19.4. The van der Waals surface area contributed by atoms with Crippen molar-refractivity contribution in [3.8, 4) is 0 Å². The van der Waals surface area contributed by atoms with Crippen molar-refractivity contribution >= 4 is 47.1 Å². The van der Waals surface area contributed by atoms with Gasteiger partial charge in [0, 0.05) is 79.4 Å². The molecule has 0 aromatic heterocycles. The number of hydroxylamine groups is 2. The fourth-order valence-electron chi connectivity index (χ4n) is 7.48. The molecule has 2 aromatic rings. The highest BCUT2D eigenvalue weighted by Crippen LogP contribution is 2.51. The second-order valence-corrected chi connectivity index (χ2v) is 19.7. The Morgan fingerprint density at radius 3 is 1.80 bits per heavy atom. The van der Waals surface area contributed by atoms with Gasteiger partial charge in [0.05, 0.1) is 16.9 Å². The molecule has 17 heteroatoms. The number of carbonyl (C=O) groups excluding carboxylic acids is 3. The van der Waals surface area contributed by atoms with Gasteiger partial charge in [-0.2, -0.15) is 13.2 Å². The van der Waals surface area contributed by atoms with Crippen LogP contribution in [0.2, 0.25) is 0 Å². The molecular weight excluding hydrogens is 800 g/mol. The number of carbonyl (C=O) groups is 3. The number of hydrogen-bond donors (Lipinski definition) is 2. The first-order valence-corrected chi connectivity index (χ1v) is 21.8. The van der Waals surface area contributed by atoms with Crippen LogP contribution in [0.3, 0.4) is 0 Å². The molecule has 0 spiro atoms. The quantitative estimate of drug-likeness (QED) is 0.199. The summed E-state index contributed by atoms with van der Waals surface area (Å²) in [6, 6.07) is 9.16. The molecule has 0 aliphatic carbocycles. The van der Waals surface area contributed by atoms with Gasteiger partial charge >= 0.3 is 24.5 Å². The van der Waals surface area contributed by atoms with Crippen LogP contribution >= 0.6 is 11.8 Å². The second-order valence-electron chi connectivity index (χ2n) is 18.6. The van der Waals surface area contributed by atoms with Gasteiger partial charge in [0.25, 0.3) is 0 Å². The Kier molecular flexibility index (Phi) is 15.2. The molecule has 0 atom stereocenters. The zero-order valence-corrected chi connectivity index (χ0v) is 37.5. The summed E-state index contributed by atoms with van der Waals surface area (Å²) in [4.78, 5) is 54.5. The first-order valence-electron chi connectivity index (χ1n) is 20.9. The van der Waals surface area contributed by atoms with Crippen molar-refractivity contribution in [1.29, 1.82) is 0 Å². The van der Waals surface area contributed by atoms with Gasteiger partial charge in [0.1, 0.15) is 11.2 Å². The zero-order chi connectivity index (χ0) is 44.0. The number of ether oxygens (including phenoxy) is 2. The van der Waals surface area contributed by atoms with Crippen molar-refractivity contribution in [3.63, 3.8) is 0 Å². The molecule has 0 radical (unpaired) electrons. The van der Waals surface area contributed by atoms with Crippen molar-refractivity contribution in [1.82, 2.24) is 25.5 Å². The van der Waals surface area contributed by atoms with Gasteiger partial charge in [0.15, 0.2) is 0 Å². The molecule has 3 aliphatic rings. The lowest BCUT2D eigenvalue weighted by Crippen LogP contribution is -2.54. The number of likely N-dealkylation sites (tertiary alicyclic amines) is 1. The summed E-state index contributed by atoms with van der Waals surface area (Å²) in [6.07, 6.45) is -2.63. The van der Waals surface area contributed by atoms with E-state index in [9.17, 15) is 27.6 Å². The van der Waals surface area contributed by atoms with Gasteiger partial charge in [-0.25, -0.2) is 19.3 Å². The van der Waals surface area contributed by atoms with Crippen LogP contribution in [0.15, 0.2) is 46.2 Å². The van der Waals surface area contributed by atoms with E-state index in [1.807, 2.05) is 80.5 Å². The van der Waals surface area contributed by atoms with Crippen LogP contribution in [0, 0.1) is 0 Å². The average molecular weight is 864 g/mol. The number of piperidine rings is 1. The van der Waals surface area contributed by atoms with Gasteiger partial charge < -0.3 is 34.7 Å². The van der Waals surface area contributed by atoms with E-state index in [0.29, 0.717) is 66.7 Å². The lowest BCUT2D eigenvalue weighted by atomic mass is 9.99. The first-order chi connectivity index (χ1) is 28.0. The summed E-state index contributed by atoms with van der Waals surface area (Å²) in [5.41, 5.74) is -0.701. The highest BCUT2D eigenvalue weighted by molar-refractivity contribution is 7.99. The summed E-state index contributed by atoms with van der Waals surface area (Å²) in [5.74, 6) is 0. The maximum absolute atomic E-state index is 14.4. The third kappa shape index (κ3) is 13.5. The SMILES string of the molecule is CC(C)(C)OC(=O)NCCN(CCNC(=O)OC(C)(C)C)CCN1CCC(N(OC(=O)N2c3ccc(N4CCCC4)cc3Sc3cc(C(F)(F)F)ccc32)C(C)(C)C)CC1. The molecule has 2 aromatic carbocycles. The smallest absolute Gasteiger partial charge is 0.438 e. The minimum Gasteiger partial charge on any atom is -0.444 e. The fourth-order valence-corrected chi connectivity index (χ4v) is 8.61. The summed E-state index contributed by atoms with van der Waals surface area (Å²) < 4.78 is 52.4. The van der Waals surface area contributed by atoms with Crippen LogP contribution in [0.1, 0.15) is 93.6 Å². The Hall–Kier alpha value is -3.93. The number of alkyl carbamates (subject to hydrolysis) is 2. The maximum atomic E-state index is 14.4. The molecule has 3 aliphatic heterocycles. The van der Waals surface area contributed by atoms with E-state index in [1.54, 1.807) is 5.06 Å². The molecule has 2 fully saturated rings. The largest absolute Gasteiger partial charge is 0.444 e. The van der Waals surface area contributed by atoms with Crippen LogP contribution < -0.4 is 20.4 Å². The number of amides is 3. The summed E-state index contributed by atoms with van der Waals surface area (Å²) in [7, 11) is 0. The Bertz CT molecular complexity index is 1760. The van der Waals surface area contributed by atoms with E-state index in [2.05, 4.69) is 25.3 Å². The first kappa shape index (κ1) is 47.1. The molecule has 13 nitrogen and oxygen atoms in total. The normalized spacial score (nSPS) is 16.8. The van der Waals surface area contributed by atoms with E-state index in [-0.39, 0.29) is 6.04 Å². The minimum absolute atomic E-state index is 0.111. The molecule has 3 amide bonds. The monoisotopic (exact) mass is 863 g/mol. The predicted octanol–water partition coefficient (Wildman–Crippen LogP) is 8.88. The van der Waals surface area contributed by atoms with Crippen molar-refractivity contribution in [2.75, 3.05) is 75.2 Å². The maximum Gasteiger partial charge on any atom is 0.438 e. The number of anilines is 3. The van der Waals surface area contributed by atoms with E-state index < -0.39 is 46.8 Å². The van der Waals surface area contributed by atoms with Crippen LogP contribution in [0.5, 0.6) is 0 Å². The van der Waals surface area contributed by atoms with Crippen molar-refractivity contribution in [3.05, 3.63) is 42.0 Å². The number of nitrogens with zero attached hydrogens (tertiary/aromatic N) is 5. The number of nitrogens with one attached hydrogen (secondary N) is 2.